The maximum atomic E-state index is 2.41. The van der Waals surface area contributed by atoms with Crippen LogP contribution in [0, 0.1) is 0 Å². The topological polar surface area (TPSA) is 0 Å². The van der Waals surface area contributed by atoms with E-state index in [4.69, 9.17) is 0 Å². The van der Waals surface area contributed by atoms with Crippen LogP contribution in [0.1, 0.15) is 0 Å². The highest BCUT2D eigenvalue weighted by Gasteiger charge is 2.20. The normalized spacial score (nSPS) is 11.6. The average molecular weight is 633 g/mol. The van der Waals surface area contributed by atoms with Crippen LogP contribution >= 0.6 is 0 Å². The molecule has 0 atom stereocenters. The van der Waals surface area contributed by atoms with E-state index in [0.29, 0.717) is 0 Å². The molecule has 0 aliphatic carbocycles. The quantitative estimate of drug-likeness (QED) is 0.134. The van der Waals surface area contributed by atoms with Gasteiger partial charge in [0, 0.05) is 0 Å². The van der Waals surface area contributed by atoms with Crippen molar-refractivity contribution in [2.75, 3.05) is 0 Å². The minimum absolute atomic E-state index is 1.21. The van der Waals surface area contributed by atoms with Gasteiger partial charge in [0.15, 0.2) is 0 Å². The number of hydrogen-bond donors (Lipinski definition) is 0. The van der Waals surface area contributed by atoms with Crippen LogP contribution in [0.4, 0.5) is 0 Å². The lowest BCUT2D eigenvalue weighted by Gasteiger charge is -2.20. The smallest absolute Gasteiger partial charge is 0.00141 e. The Kier molecular flexibility index (Phi) is 6.60. The van der Waals surface area contributed by atoms with E-state index in [0.717, 1.165) is 0 Å². The van der Waals surface area contributed by atoms with Gasteiger partial charge in [-0.1, -0.05) is 182 Å². The molecule has 0 heterocycles. The summed E-state index contributed by atoms with van der Waals surface area (Å²) >= 11 is 0. The van der Waals surface area contributed by atoms with E-state index in [1.165, 1.54) is 98.4 Å². The standard InChI is InChI=1S/C50H32/c1-2-16-36(17-3-1)47-41-21-8-6-14-34(41)27-29-43(47)38-19-12-20-39(32-38)49-45-24-11-10-23-44(45)48(40-26-25-33-13-4-5-18-37(33)31-40)46-30-28-35-15-7-9-22-42(35)50(46)49/h1-32H. The summed E-state index contributed by atoms with van der Waals surface area (Å²) in [6.45, 7) is 0. The van der Waals surface area contributed by atoms with Gasteiger partial charge in [-0.2, -0.15) is 0 Å². The Balaban J connectivity index is 1.30. The predicted molar refractivity (Wildman–Crippen MR) is 216 cm³/mol. The van der Waals surface area contributed by atoms with E-state index in [-0.39, 0.29) is 0 Å². The molecule has 0 heteroatoms. The molecule has 10 rings (SSSR count). The molecule has 10 aromatic rings. The van der Waals surface area contributed by atoms with E-state index in [1.54, 1.807) is 0 Å². The molecule has 0 saturated heterocycles. The largest absolute Gasteiger partial charge is 0.0622 e. The Hall–Kier alpha value is -6.50. The lowest BCUT2D eigenvalue weighted by atomic mass is 9.83. The zero-order valence-corrected chi connectivity index (χ0v) is 27.5. The van der Waals surface area contributed by atoms with E-state index in [1.807, 2.05) is 0 Å². The summed E-state index contributed by atoms with van der Waals surface area (Å²) < 4.78 is 0. The molecule has 0 spiro atoms. The molecule has 0 amide bonds. The van der Waals surface area contributed by atoms with Crippen LogP contribution in [0.25, 0.3) is 98.4 Å². The van der Waals surface area contributed by atoms with Crippen LogP contribution < -0.4 is 0 Å². The molecular weight excluding hydrogens is 601 g/mol. The Morgan fingerprint density at radius 2 is 0.760 bits per heavy atom. The molecule has 0 radical (unpaired) electrons. The van der Waals surface area contributed by atoms with Crippen molar-refractivity contribution in [3.05, 3.63) is 194 Å². The second-order valence-electron chi connectivity index (χ2n) is 13.2. The van der Waals surface area contributed by atoms with Gasteiger partial charge in [-0.05, 0) is 111 Å². The van der Waals surface area contributed by atoms with Crippen LogP contribution in [0.2, 0.25) is 0 Å². The highest BCUT2D eigenvalue weighted by molar-refractivity contribution is 6.28. The minimum atomic E-state index is 1.21. The first kappa shape index (κ1) is 28.5. The van der Waals surface area contributed by atoms with Gasteiger partial charge in [-0.3, -0.25) is 0 Å². The summed E-state index contributed by atoms with van der Waals surface area (Å²) in [5, 5.41) is 12.6. The molecule has 0 saturated carbocycles. The zero-order valence-electron chi connectivity index (χ0n) is 27.5. The molecule has 10 aromatic carbocycles. The highest BCUT2D eigenvalue weighted by Crippen LogP contribution is 2.47. The van der Waals surface area contributed by atoms with E-state index in [9.17, 15) is 0 Å². The Morgan fingerprint density at radius 1 is 0.220 bits per heavy atom. The number of rotatable bonds is 4. The van der Waals surface area contributed by atoms with Crippen LogP contribution in [-0.4, -0.2) is 0 Å². The summed E-state index contributed by atoms with van der Waals surface area (Å²) in [5.41, 5.74) is 9.97. The number of hydrogen-bond acceptors (Lipinski definition) is 0. The van der Waals surface area contributed by atoms with Crippen molar-refractivity contribution in [2.24, 2.45) is 0 Å². The summed E-state index contributed by atoms with van der Waals surface area (Å²) in [4.78, 5) is 0. The van der Waals surface area contributed by atoms with Crippen molar-refractivity contribution < 1.29 is 0 Å². The van der Waals surface area contributed by atoms with Crippen LogP contribution in [0.3, 0.4) is 0 Å². The maximum absolute atomic E-state index is 2.41. The molecule has 0 fully saturated rings. The monoisotopic (exact) mass is 632 g/mol. The fourth-order valence-corrected chi connectivity index (χ4v) is 8.17. The molecular formula is C50H32. The van der Waals surface area contributed by atoms with Crippen molar-refractivity contribution in [1.82, 2.24) is 0 Å². The number of benzene rings is 10. The predicted octanol–water partition coefficient (Wildman–Crippen LogP) is 14.1. The first-order valence-corrected chi connectivity index (χ1v) is 17.4. The maximum Gasteiger partial charge on any atom is -0.00141 e. The highest BCUT2D eigenvalue weighted by atomic mass is 14.2. The van der Waals surface area contributed by atoms with Crippen molar-refractivity contribution in [3.8, 4) is 44.5 Å². The van der Waals surface area contributed by atoms with Gasteiger partial charge in [0.25, 0.3) is 0 Å². The fourth-order valence-electron chi connectivity index (χ4n) is 8.17. The summed E-state index contributed by atoms with van der Waals surface area (Å²) in [6.07, 6.45) is 0. The van der Waals surface area contributed by atoms with E-state index in [2.05, 4.69) is 194 Å². The molecule has 0 unspecified atom stereocenters. The molecule has 50 heavy (non-hydrogen) atoms. The van der Waals surface area contributed by atoms with Gasteiger partial charge in [0.2, 0.25) is 0 Å². The lowest BCUT2D eigenvalue weighted by Crippen LogP contribution is -1.93. The molecule has 0 nitrogen and oxygen atoms in total. The van der Waals surface area contributed by atoms with Gasteiger partial charge in [-0.25, -0.2) is 0 Å². The fraction of sp³-hybridized carbons (Fsp3) is 0. The average Bonchev–Trinajstić information content (AvgIpc) is 3.19. The first-order valence-electron chi connectivity index (χ1n) is 17.4. The Bertz CT molecular complexity index is 2910. The number of fused-ring (bicyclic) bond motifs is 6. The van der Waals surface area contributed by atoms with Crippen molar-refractivity contribution in [2.45, 2.75) is 0 Å². The van der Waals surface area contributed by atoms with Crippen molar-refractivity contribution in [3.63, 3.8) is 0 Å². The second kappa shape index (κ2) is 11.6. The molecule has 0 aliphatic rings. The van der Waals surface area contributed by atoms with Gasteiger partial charge in [-0.15, -0.1) is 0 Å². The Labute approximate surface area is 291 Å². The summed E-state index contributed by atoms with van der Waals surface area (Å²) in [5.74, 6) is 0. The minimum Gasteiger partial charge on any atom is -0.0622 e. The lowest BCUT2D eigenvalue weighted by molar-refractivity contribution is 1.60. The molecule has 232 valence electrons. The van der Waals surface area contributed by atoms with Gasteiger partial charge in [0.05, 0.1) is 0 Å². The molecule has 0 aliphatic heterocycles. The van der Waals surface area contributed by atoms with Gasteiger partial charge in [0.1, 0.15) is 0 Å². The molecule has 0 bridgehead atoms. The SMILES string of the molecule is c1ccc(-c2c(-c3cccc(-c4c5ccccc5c(-c5ccc6ccccc6c5)c5ccc6ccccc6c45)c3)ccc3ccccc23)cc1. The third kappa shape index (κ3) is 4.54. The third-order valence-corrected chi connectivity index (χ3v) is 10.4. The van der Waals surface area contributed by atoms with Gasteiger partial charge < -0.3 is 0 Å². The van der Waals surface area contributed by atoms with Crippen molar-refractivity contribution in [1.29, 1.82) is 0 Å². The first-order chi connectivity index (χ1) is 24.8. The molecule has 0 aromatic heterocycles. The van der Waals surface area contributed by atoms with Crippen LogP contribution in [-0.2, 0) is 0 Å². The van der Waals surface area contributed by atoms with E-state index >= 15 is 0 Å². The van der Waals surface area contributed by atoms with Gasteiger partial charge >= 0.3 is 0 Å². The van der Waals surface area contributed by atoms with Crippen LogP contribution in [0.5, 0.6) is 0 Å². The zero-order chi connectivity index (χ0) is 33.0. The van der Waals surface area contributed by atoms with E-state index < -0.39 is 0 Å². The Morgan fingerprint density at radius 3 is 1.56 bits per heavy atom. The van der Waals surface area contributed by atoms with Crippen molar-refractivity contribution >= 4 is 53.9 Å². The summed E-state index contributed by atoms with van der Waals surface area (Å²) in [6, 6.07) is 71.4. The summed E-state index contributed by atoms with van der Waals surface area (Å²) in [7, 11) is 0. The van der Waals surface area contributed by atoms with Crippen LogP contribution in [0.15, 0.2) is 194 Å². The molecule has 0 N–H and O–H groups in total. The second-order valence-corrected chi connectivity index (χ2v) is 13.2. The third-order valence-electron chi connectivity index (χ3n) is 10.4.